The standard InChI is InChI=1S/C15H29NO3S/c1-12(2)9-16-10-14(8-15-4-3-6-19-15)13-5-7-20(17,18)11-13/h12-16H,3-11H2,1-2H3. The molecule has 2 fully saturated rings. The van der Waals surface area contributed by atoms with Gasteiger partial charge in [0.15, 0.2) is 9.84 Å². The van der Waals surface area contributed by atoms with E-state index in [0.717, 1.165) is 45.4 Å². The quantitative estimate of drug-likeness (QED) is 0.780. The Kier molecular flexibility index (Phi) is 5.87. The lowest BCUT2D eigenvalue weighted by molar-refractivity contribution is 0.0806. The number of hydrogen-bond acceptors (Lipinski definition) is 4. The van der Waals surface area contributed by atoms with Gasteiger partial charge < -0.3 is 10.1 Å². The zero-order valence-corrected chi connectivity index (χ0v) is 13.6. The van der Waals surface area contributed by atoms with Gasteiger partial charge in [0.25, 0.3) is 0 Å². The van der Waals surface area contributed by atoms with Gasteiger partial charge in [-0.05, 0) is 56.5 Å². The van der Waals surface area contributed by atoms with Gasteiger partial charge in [-0.3, -0.25) is 0 Å². The van der Waals surface area contributed by atoms with Gasteiger partial charge in [0.1, 0.15) is 0 Å². The number of ether oxygens (including phenoxy) is 1. The summed E-state index contributed by atoms with van der Waals surface area (Å²) in [5.74, 6) is 2.15. The highest BCUT2D eigenvalue weighted by atomic mass is 32.2. The SMILES string of the molecule is CC(C)CNCC(CC1CCCO1)C1CCS(=O)(=O)C1. The maximum absolute atomic E-state index is 11.7. The summed E-state index contributed by atoms with van der Waals surface area (Å²) in [5, 5.41) is 3.51. The van der Waals surface area contributed by atoms with Crippen molar-refractivity contribution in [3.63, 3.8) is 0 Å². The Balaban J connectivity index is 1.88. The second kappa shape index (κ2) is 7.23. The molecule has 2 aliphatic rings. The van der Waals surface area contributed by atoms with Crippen LogP contribution in [0.2, 0.25) is 0 Å². The summed E-state index contributed by atoms with van der Waals surface area (Å²) in [6.07, 6.45) is 4.50. The molecule has 0 saturated carbocycles. The van der Waals surface area contributed by atoms with Crippen molar-refractivity contribution < 1.29 is 13.2 Å². The summed E-state index contributed by atoms with van der Waals surface area (Å²) >= 11 is 0. The van der Waals surface area contributed by atoms with Gasteiger partial charge in [0, 0.05) is 6.61 Å². The Bertz CT molecular complexity index is 388. The first kappa shape index (κ1) is 16.2. The Morgan fingerprint density at radius 2 is 2.05 bits per heavy atom. The van der Waals surface area contributed by atoms with Crippen LogP contribution in [0.25, 0.3) is 0 Å². The van der Waals surface area contributed by atoms with Crippen molar-refractivity contribution in [1.82, 2.24) is 5.32 Å². The summed E-state index contributed by atoms with van der Waals surface area (Å²) < 4.78 is 29.2. The van der Waals surface area contributed by atoms with Gasteiger partial charge in [-0.1, -0.05) is 13.8 Å². The molecule has 118 valence electrons. The lowest BCUT2D eigenvalue weighted by atomic mass is 9.86. The second-order valence-electron chi connectivity index (χ2n) is 6.85. The smallest absolute Gasteiger partial charge is 0.150 e. The van der Waals surface area contributed by atoms with Crippen LogP contribution in [-0.2, 0) is 14.6 Å². The molecule has 3 atom stereocenters. The highest BCUT2D eigenvalue weighted by Gasteiger charge is 2.35. The molecule has 1 N–H and O–H groups in total. The van der Waals surface area contributed by atoms with E-state index in [1.807, 2.05) is 0 Å². The van der Waals surface area contributed by atoms with Crippen LogP contribution < -0.4 is 5.32 Å². The molecule has 2 rings (SSSR count). The van der Waals surface area contributed by atoms with E-state index >= 15 is 0 Å². The number of nitrogens with one attached hydrogen (secondary N) is 1. The lowest BCUT2D eigenvalue weighted by Gasteiger charge is -2.26. The fourth-order valence-corrected chi connectivity index (χ4v) is 5.28. The third kappa shape index (κ3) is 5.01. The van der Waals surface area contributed by atoms with E-state index in [1.165, 1.54) is 0 Å². The number of rotatable bonds is 7. The minimum atomic E-state index is -2.78. The summed E-state index contributed by atoms with van der Waals surface area (Å²) in [5.41, 5.74) is 0. The highest BCUT2D eigenvalue weighted by Crippen LogP contribution is 2.31. The zero-order valence-electron chi connectivity index (χ0n) is 12.8. The molecule has 3 unspecified atom stereocenters. The Morgan fingerprint density at radius 3 is 2.60 bits per heavy atom. The molecule has 0 aromatic heterocycles. The van der Waals surface area contributed by atoms with E-state index in [4.69, 9.17) is 4.74 Å². The summed E-state index contributed by atoms with van der Waals surface area (Å²) in [6.45, 7) is 7.20. The van der Waals surface area contributed by atoms with Crippen molar-refractivity contribution in [3.8, 4) is 0 Å². The molecule has 0 bridgehead atoms. The van der Waals surface area contributed by atoms with Gasteiger partial charge in [-0.2, -0.15) is 0 Å². The number of hydrogen-bond donors (Lipinski definition) is 1. The molecule has 4 nitrogen and oxygen atoms in total. The fraction of sp³-hybridized carbons (Fsp3) is 1.00. The first-order chi connectivity index (χ1) is 9.46. The Hall–Kier alpha value is -0.130. The van der Waals surface area contributed by atoms with E-state index in [1.54, 1.807) is 0 Å². The Labute approximate surface area is 123 Å². The molecule has 0 aromatic rings. The normalized spacial score (nSPS) is 30.9. The summed E-state index contributed by atoms with van der Waals surface area (Å²) in [4.78, 5) is 0. The van der Waals surface area contributed by atoms with Crippen molar-refractivity contribution >= 4 is 9.84 Å². The molecule has 0 radical (unpaired) electrons. The fourth-order valence-electron chi connectivity index (χ4n) is 3.36. The minimum absolute atomic E-state index is 0.323. The average Bonchev–Trinajstić information content (AvgIpc) is 2.97. The average molecular weight is 303 g/mol. The van der Waals surface area contributed by atoms with E-state index in [-0.39, 0.29) is 0 Å². The molecule has 0 amide bonds. The van der Waals surface area contributed by atoms with Crippen molar-refractivity contribution in [3.05, 3.63) is 0 Å². The van der Waals surface area contributed by atoms with E-state index in [0.29, 0.717) is 35.4 Å². The van der Waals surface area contributed by atoms with Crippen molar-refractivity contribution in [2.45, 2.75) is 45.6 Å². The van der Waals surface area contributed by atoms with Gasteiger partial charge in [0.05, 0.1) is 17.6 Å². The number of sulfone groups is 1. The van der Waals surface area contributed by atoms with Crippen LogP contribution in [0, 0.1) is 17.8 Å². The first-order valence-electron chi connectivity index (χ1n) is 7.99. The topological polar surface area (TPSA) is 55.4 Å². The Morgan fingerprint density at radius 1 is 1.25 bits per heavy atom. The van der Waals surface area contributed by atoms with Crippen LogP contribution in [0.5, 0.6) is 0 Å². The highest BCUT2D eigenvalue weighted by molar-refractivity contribution is 7.91. The predicted molar refractivity (Wildman–Crippen MR) is 81.5 cm³/mol. The third-order valence-corrected chi connectivity index (χ3v) is 6.28. The van der Waals surface area contributed by atoms with Crippen LogP contribution in [0.15, 0.2) is 0 Å². The monoisotopic (exact) mass is 303 g/mol. The van der Waals surface area contributed by atoms with Crippen LogP contribution in [-0.4, -0.2) is 45.7 Å². The second-order valence-corrected chi connectivity index (χ2v) is 9.07. The maximum Gasteiger partial charge on any atom is 0.150 e. The minimum Gasteiger partial charge on any atom is -0.378 e. The first-order valence-corrected chi connectivity index (χ1v) is 9.81. The molecular weight excluding hydrogens is 274 g/mol. The molecule has 2 saturated heterocycles. The van der Waals surface area contributed by atoms with E-state index < -0.39 is 9.84 Å². The molecular formula is C15H29NO3S. The molecule has 0 aromatic carbocycles. The molecule has 2 aliphatic heterocycles. The van der Waals surface area contributed by atoms with Gasteiger partial charge >= 0.3 is 0 Å². The maximum atomic E-state index is 11.7. The van der Waals surface area contributed by atoms with Gasteiger partial charge in [-0.15, -0.1) is 0 Å². The van der Waals surface area contributed by atoms with Crippen LogP contribution >= 0.6 is 0 Å². The van der Waals surface area contributed by atoms with Crippen LogP contribution in [0.1, 0.15) is 39.5 Å². The zero-order chi connectivity index (χ0) is 14.6. The van der Waals surface area contributed by atoms with Crippen molar-refractivity contribution in [1.29, 1.82) is 0 Å². The van der Waals surface area contributed by atoms with E-state index in [9.17, 15) is 8.42 Å². The van der Waals surface area contributed by atoms with Gasteiger partial charge in [-0.25, -0.2) is 8.42 Å². The molecule has 0 spiro atoms. The molecule has 20 heavy (non-hydrogen) atoms. The predicted octanol–water partition coefficient (Wildman–Crippen LogP) is 1.85. The van der Waals surface area contributed by atoms with Crippen LogP contribution in [0.4, 0.5) is 0 Å². The van der Waals surface area contributed by atoms with Gasteiger partial charge in [0.2, 0.25) is 0 Å². The molecule has 2 heterocycles. The third-order valence-electron chi connectivity index (χ3n) is 4.48. The molecule has 0 aliphatic carbocycles. The van der Waals surface area contributed by atoms with Crippen LogP contribution in [0.3, 0.4) is 0 Å². The summed E-state index contributed by atoms with van der Waals surface area (Å²) in [6, 6.07) is 0. The van der Waals surface area contributed by atoms with Crippen molar-refractivity contribution in [2.24, 2.45) is 17.8 Å². The lowest BCUT2D eigenvalue weighted by Crippen LogP contribution is -2.33. The van der Waals surface area contributed by atoms with E-state index in [2.05, 4.69) is 19.2 Å². The summed E-state index contributed by atoms with van der Waals surface area (Å²) in [7, 11) is -2.78. The van der Waals surface area contributed by atoms with Crippen molar-refractivity contribution in [2.75, 3.05) is 31.2 Å². The largest absolute Gasteiger partial charge is 0.378 e. The molecule has 5 heteroatoms.